The molecule has 0 aromatic heterocycles. The predicted molar refractivity (Wildman–Crippen MR) is 47.7 cm³/mol. The van der Waals surface area contributed by atoms with Gasteiger partial charge in [0.15, 0.2) is 0 Å². The maximum atomic E-state index is 4.00. The average molecular weight is 144 g/mol. The second-order valence-corrected chi connectivity index (χ2v) is 3.38. The molecule has 0 atom stereocenters. The number of fused-ring (bicyclic) bond motifs is 1. The number of hydrogen-bond donors (Lipinski definition) is 0. The van der Waals surface area contributed by atoms with Crippen LogP contribution in [-0.2, 0) is 12.8 Å². The normalized spacial score (nSPS) is 15.2. The van der Waals surface area contributed by atoms with Crippen molar-refractivity contribution in [1.82, 2.24) is 0 Å². The van der Waals surface area contributed by atoms with Crippen LogP contribution in [0.25, 0.3) is 0 Å². The van der Waals surface area contributed by atoms with Gasteiger partial charge in [-0.1, -0.05) is 35.9 Å². The van der Waals surface area contributed by atoms with E-state index in [0.717, 1.165) is 12.8 Å². The standard InChI is InChI=1S/C11H12/c1-8-3-4-10-6-9(2)7-11(10)5-8/h3-5H,2,6-7H2,1H3. The smallest absolute Gasteiger partial charge is 0.00635 e. The summed E-state index contributed by atoms with van der Waals surface area (Å²) in [6, 6.07) is 6.67. The molecule has 1 aliphatic carbocycles. The summed E-state index contributed by atoms with van der Waals surface area (Å²) in [7, 11) is 0. The van der Waals surface area contributed by atoms with Gasteiger partial charge in [-0.3, -0.25) is 0 Å². The monoisotopic (exact) mass is 144 g/mol. The van der Waals surface area contributed by atoms with Crippen molar-refractivity contribution in [1.29, 1.82) is 0 Å². The SMILES string of the molecule is C=C1Cc2ccc(C)cc2C1. The number of hydrogen-bond acceptors (Lipinski definition) is 0. The second kappa shape index (κ2) is 2.23. The lowest BCUT2D eigenvalue weighted by molar-refractivity contribution is 1.18. The first-order valence-electron chi connectivity index (χ1n) is 4.01. The van der Waals surface area contributed by atoms with Crippen LogP contribution in [0.4, 0.5) is 0 Å². The molecule has 0 heterocycles. The Labute approximate surface area is 67.6 Å². The fourth-order valence-electron chi connectivity index (χ4n) is 1.69. The van der Waals surface area contributed by atoms with Crippen LogP contribution in [0.3, 0.4) is 0 Å². The summed E-state index contributed by atoms with van der Waals surface area (Å²) >= 11 is 0. The van der Waals surface area contributed by atoms with Crippen LogP contribution in [0.5, 0.6) is 0 Å². The third kappa shape index (κ3) is 1.09. The lowest BCUT2D eigenvalue weighted by atomic mass is 10.1. The van der Waals surface area contributed by atoms with Gasteiger partial charge in [0, 0.05) is 0 Å². The molecule has 0 N–H and O–H groups in total. The highest BCUT2D eigenvalue weighted by molar-refractivity contribution is 5.41. The molecule has 0 unspecified atom stereocenters. The molecule has 1 aliphatic rings. The van der Waals surface area contributed by atoms with Crippen molar-refractivity contribution >= 4 is 0 Å². The summed E-state index contributed by atoms with van der Waals surface area (Å²) in [6.45, 7) is 6.14. The van der Waals surface area contributed by atoms with Gasteiger partial charge in [0.05, 0.1) is 0 Å². The van der Waals surface area contributed by atoms with Crippen LogP contribution in [0, 0.1) is 6.92 Å². The van der Waals surface area contributed by atoms with Crippen molar-refractivity contribution < 1.29 is 0 Å². The van der Waals surface area contributed by atoms with E-state index in [-0.39, 0.29) is 0 Å². The Bertz CT molecular complexity index is 308. The molecule has 0 saturated heterocycles. The topological polar surface area (TPSA) is 0 Å². The van der Waals surface area contributed by atoms with Crippen LogP contribution in [0.15, 0.2) is 30.4 Å². The molecule has 0 aliphatic heterocycles. The number of aryl methyl sites for hydroxylation is 1. The summed E-state index contributed by atoms with van der Waals surface area (Å²) in [5.41, 5.74) is 5.67. The van der Waals surface area contributed by atoms with Crippen molar-refractivity contribution in [3.8, 4) is 0 Å². The van der Waals surface area contributed by atoms with E-state index < -0.39 is 0 Å². The first kappa shape index (κ1) is 6.66. The largest absolute Gasteiger partial charge is 0.0992 e. The van der Waals surface area contributed by atoms with Gasteiger partial charge in [-0.25, -0.2) is 0 Å². The van der Waals surface area contributed by atoms with E-state index in [4.69, 9.17) is 0 Å². The van der Waals surface area contributed by atoms with Crippen LogP contribution >= 0.6 is 0 Å². The minimum atomic E-state index is 1.09. The summed E-state index contributed by atoms with van der Waals surface area (Å²) in [6.07, 6.45) is 2.19. The third-order valence-corrected chi connectivity index (χ3v) is 2.24. The van der Waals surface area contributed by atoms with Crippen molar-refractivity contribution in [3.63, 3.8) is 0 Å². The number of allylic oxidation sites excluding steroid dienone is 1. The van der Waals surface area contributed by atoms with E-state index in [9.17, 15) is 0 Å². The van der Waals surface area contributed by atoms with E-state index in [2.05, 4.69) is 31.7 Å². The number of benzene rings is 1. The van der Waals surface area contributed by atoms with E-state index in [1.807, 2.05) is 0 Å². The highest BCUT2D eigenvalue weighted by atomic mass is 14.2. The van der Waals surface area contributed by atoms with Gasteiger partial charge in [0.1, 0.15) is 0 Å². The van der Waals surface area contributed by atoms with Crippen LogP contribution in [0.2, 0.25) is 0 Å². The molecule has 0 fully saturated rings. The molecule has 0 radical (unpaired) electrons. The van der Waals surface area contributed by atoms with E-state index in [0.29, 0.717) is 0 Å². The second-order valence-electron chi connectivity index (χ2n) is 3.38. The van der Waals surface area contributed by atoms with E-state index >= 15 is 0 Å². The zero-order chi connectivity index (χ0) is 7.84. The first-order valence-corrected chi connectivity index (χ1v) is 4.01. The Kier molecular flexibility index (Phi) is 1.35. The quantitative estimate of drug-likeness (QED) is 0.491. The molecule has 11 heavy (non-hydrogen) atoms. The highest BCUT2D eigenvalue weighted by Gasteiger charge is 2.12. The Hall–Kier alpha value is -1.04. The van der Waals surface area contributed by atoms with E-state index in [1.54, 1.807) is 0 Å². The van der Waals surface area contributed by atoms with Gasteiger partial charge in [-0.15, -0.1) is 0 Å². The van der Waals surface area contributed by atoms with Gasteiger partial charge in [-0.05, 0) is 30.9 Å². The summed E-state index contributed by atoms with van der Waals surface area (Å²) in [5, 5.41) is 0. The van der Waals surface area contributed by atoms with Crippen molar-refractivity contribution in [3.05, 3.63) is 47.0 Å². The maximum absolute atomic E-state index is 4.00. The van der Waals surface area contributed by atoms with Gasteiger partial charge in [0.25, 0.3) is 0 Å². The fourth-order valence-corrected chi connectivity index (χ4v) is 1.69. The Balaban J connectivity index is 2.51. The molecule has 56 valence electrons. The summed E-state index contributed by atoms with van der Waals surface area (Å²) < 4.78 is 0. The third-order valence-electron chi connectivity index (χ3n) is 2.24. The number of rotatable bonds is 0. The van der Waals surface area contributed by atoms with Crippen molar-refractivity contribution in [2.45, 2.75) is 19.8 Å². The van der Waals surface area contributed by atoms with Crippen LogP contribution < -0.4 is 0 Å². The van der Waals surface area contributed by atoms with Crippen molar-refractivity contribution in [2.24, 2.45) is 0 Å². The minimum Gasteiger partial charge on any atom is -0.0992 e. The van der Waals surface area contributed by atoms with E-state index in [1.165, 1.54) is 22.3 Å². The Morgan fingerprint density at radius 1 is 1.18 bits per heavy atom. The summed E-state index contributed by atoms with van der Waals surface area (Å²) in [4.78, 5) is 0. The van der Waals surface area contributed by atoms with Gasteiger partial charge in [-0.2, -0.15) is 0 Å². The Morgan fingerprint density at radius 3 is 2.73 bits per heavy atom. The molecular weight excluding hydrogens is 132 g/mol. The van der Waals surface area contributed by atoms with Crippen LogP contribution in [0.1, 0.15) is 16.7 Å². The van der Waals surface area contributed by atoms with Gasteiger partial charge >= 0.3 is 0 Å². The van der Waals surface area contributed by atoms with Gasteiger partial charge < -0.3 is 0 Å². The molecule has 0 amide bonds. The zero-order valence-electron chi connectivity index (χ0n) is 6.85. The molecule has 0 heteroatoms. The Morgan fingerprint density at radius 2 is 1.91 bits per heavy atom. The lowest BCUT2D eigenvalue weighted by Crippen LogP contribution is -1.81. The predicted octanol–water partition coefficient (Wildman–Crippen LogP) is 2.65. The molecular formula is C11H12. The highest BCUT2D eigenvalue weighted by Crippen LogP contribution is 2.25. The van der Waals surface area contributed by atoms with Crippen LogP contribution in [-0.4, -0.2) is 0 Å². The summed E-state index contributed by atoms with van der Waals surface area (Å²) in [5.74, 6) is 0. The minimum absolute atomic E-state index is 1.09. The molecule has 1 aromatic rings. The molecule has 0 nitrogen and oxygen atoms in total. The molecule has 1 aromatic carbocycles. The molecule has 0 bridgehead atoms. The van der Waals surface area contributed by atoms with Gasteiger partial charge in [0.2, 0.25) is 0 Å². The molecule has 0 spiro atoms. The lowest BCUT2D eigenvalue weighted by Gasteiger charge is -1.97. The first-order chi connectivity index (χ1) is 5.25. The maximum Gasteiger partial charge on any atom is -0.00635 e. The zero-order valence-corrected chi connectivity index (χ0v) is 6.85. The fraction of sp³-hybridized carbons (Fsp3) is 0.273. The average Bonchev–Trinajstić information content (AvgIpc) is 2.27. The molecule has 2 rings (SSSR count). The van der Waals surface area contributed by atoms with Crippen molar-refractivity contribution in [2.75, 3.05) is 0 Å². The molecule has 0 saturated carbocycles.